The fourth-order valence-electron chi connectivity index (χ4n) is 1.91. The maximum Gasteiger partial charge on any atom is 0.271 e. The summed E-state index contributed by atoms with van der Waals surface area (Å²) >= 11 is 0. The maximum absolute atomic E-state index is 12.0. The van der Waals surface area contributed by atoms with Crippen molar-refractivity contribution < 1.29 is 23.9 Å². The number of nitro groups is 1. The monoisotopic (exact) mass is 332 g/mol. The van der Waals surface area contributed by atoms with Crippen molar-refractivity contribution >= 4 is 17.3 Å². The van der Waals surface area contributed by atoms with Crippen LogP contribution in [0, 0.1) is 10.1 Å². The number of rotatable bonds is 7. The van der Waals surface area contributed by atoms with E-state index in [0.29, 0.717) is 17.2 Å². The predicted octanol–water partition coefficient (Wildman–Crippen LogP) is 2.63. The highest BCUT2D eigenvalue weighted by Gasteiger charge is 2.14. The minimum absolute atomic E-state index is 0.151. The fourth-order valence-corrected chi connectivity index (χ4v) is 1.91. The second-order valence-corrected chi connectivity index (χ2v) is 4.65. The molecule has 24 heavy (non-hydrogen) atoms. The lowest BCUT2D eigenvalue weighted by Crippen LogP contribution is -2.20. The number of anilines is 1. The first-order chi connectivity index (χ1) is 11.5. The summed E-state index contributed by atoms with van der Waals surface area (Å²) in [7, 11) is 2.96. The Labute approximate surface area is 138 Å². The second kappa shape index (κ2) is 7.82. The van der Waals surface area contributed by atoms with Crippen molar-refractivity contribution in [2.24, 2.45) is 0 Å². The van der Waals surface area contributed by atoms with Crippen LogP contribution < -0.4 is 19.5 Å². The van der Waals surface area contributed by atoms with Gasteiger partial charge in [-0.3, -0.25) is 14.9 Å². The van der Waals surface area contributed by atoms with Gasteiger partial charge in [0.25, 0.3) is 11.6 Å². The average Bonchev–Trinajstić information content (AvgIpc) is 2.60. The topological polar surface area (TPSA) is 99.9 Å². The zero-order valence-electron chi connectivity index (χ0n) is 13.1. The molecule has 1 N–H and O–H groups in total. The third-order valence-corrected chi connectivity index (χ3v) is 3.10. The van der Waals surface area contributed by atoms with Gasteiger partial charge in [0.15, 0.2) is 6.61 Å². The largest absolute Gasteiger partial charge is 0.497 e. The molecule has 1 amide bonds. The number of carbonyl (C=O) groups is 1. The average molecular weight is 332 g/mol. The Kier molecular flexibility index (Phi) is 5.56. The first kappa shape index (κ1) is 17.1. The van der Waals surface area contributed by atoms with Gasteiger partial charge in [0, 0.05) is 12.1 Å². The molecule has 0 heterocycles. The van der Waals surface area contributed by atoms with Crippen molar-refractivity contribution in [3.05, 3.63) is 52.6 Å². The number of benzene rings is 2. The van der Waals surface area contributed by atoms with Gasteiger partial charge in [0.2, 0.25) is 0 Å². The third kappa shape index (κ3) is 4.35. The molecule has 0 aliphatic rings. The van der Waals surface area contributed by atoms with E-state index in [1.165, 1.54) is 25.3 Å². The van der Waals surface area contributed by atoms with E-state index in [-0.39, 0.29) is 18.0 Å². The summed E-state index contributed by atoms with van der Waals surface area (Å²) in [5, 5.41) is 13.4. The first-order valence-electron chi connectivity index (χ1n) is 6.92. The van der Waals surface area contributed by atoms with E-state index < -0.39 is 10.8 Å². The molecule has 0 spiro atoms. The van der Waals surface area contributed by atoms with Gasteiger partial charge in [-0.25, -0.2) is 0 Å². The number of hydrogen-bond donors (Lipinski definition) is 1. The molecule has 0 aliphatic heterocycles. The summed E-state index contributed by atoms with van der Waals surface area (Å²) in [6.07, 6.45) is 0. The summed E-state index contributed by atoms with van der Waals surface area (Å²) in [6, 6.07) is 10.7. The highest BCUT2D eigenvalue weighted by atomic mass is 16.6. The fraction of sp³-hybridized carbons (Fsp3) is 0.188. The molecule has 2 aromatic carbocycles. The van der Waals surface area contributed by atoms with Crippen molar-refractivity contribution in [2.45, 2.75) is 0 Å². The number of nitrogens with zero attached hydrogens (tertiary/aromatic N) is 1. The number of ether oxygens (including phenoxy) is 3. The highest BCUT2D eigenvalue weighted by molar-refractivity contribution is 5.93. The molecular weight excluding hydrogens is 316 g/mol. The second-order valence-electron chi connectivity index (χ2n) is 4.65. The summed E-state index contributed by atoms with van der Waals surface area (Å²) in [5.41, 5.74) is 0.0530. The number of amides is 1. The van der Waals surface area contributed by atoms with Gasteiger partial charge in [0.1, 0.15) is 17.2 Å². The lowest BCUT2D eigenvalue weighted by molar-refractivity contribution is -0.384. The van der Waals surface area contributed by atoms with Gasteiger partial charge in [0.05, 0.1) is 24.8 Å². The molecule has 0 unspecified atom stereocenters. The van der Waals surface area contributed by atoms with Gasteiger partial charge >= 0.3 is 0 Å². The molecule has 0 radical (unpaired) electrons. The van der Waals surface area contributed by atoms with Gasteiger partial charge < -0.3 is 19.5 Å². The lowest BCUT2D eigenvalue weighted by Gasteiger charge is -2.11. The summed E-state index contributed by atoms with van der Waals surface area (Å²) in [6.45, 7) is -0.252. The third-order valence-electron chi connectivity index (χ3n) is 3.10. The van der Waals surface area contributed by atoms with Crippen molar-refractivity contribution in [2.75, 3.05) is 26.1 Å². The van der Waals surface area contributed by atoms with E-state index in [1.807, 2.05) is 0 Å². The molecule has 2 aromatic rings. The molecule has 0 bridgehead atoms. The van der Waals surface area contributed by atoms with Crippen LogP contribution >= 0.6 is 0 Å². The van der Waals surface area contributed by atoms with E-state index in [1.54, 1.807) is 31.4 Å². The number of hydrogen-bond acceptors (Lipinski definition) is 6. The Hall–Kier alpha value is -3.29. The van der Waals surface area contributed by atoms with Crippen LogP contribution in [0.4, 0.5) is 11.4 Å². The highest BCUT2D eigenvalue weighted by Crippen LogP contribution is 2.28. The van der Waals surface area contributed by atoms with E-state index in [2.05, 4.69) is 5.32 Å². The zero-order chi connectivity index (χ0) is 17.5. The van der Waals surface area contributed by atoms with Crippen molar-refractivity contribution in [1.29, 1.82) is 0 Å². The zero-order valence-corrected chi connectivity index (χ0v) is 13.1. The van der Waals surface area contributed by atoms with Crippen molar-refractivity contribution in [3.63, 3.8) is 0 Å². The van der Waals surface area contributed by atoms with Gasteiger partial charge in [-0.1, -0.05) is 0 Å². The minimum Gasteiger partial charge on any atom is -0.497 e. The molecule has 8 nitrogen and oxygen atoms in total. The smallest absolute Gasteiger partial charge is 0.271 e. The van der Waals surface area contributed by atoms with E-state index in [9.17, 15) is 14.9 Å². The predicted molar refractivity (Wildman–Crippen MR) is 86.8 cm³/mol. The van der Waals surface area contributed by atoms with Crippen molar-refractivity contribution in [3.8, 4) is 17.2 Å². The number of methoxy groups -OCH3 is 2. The van der Waals surface area contributed by atoms with Crippen LogP contribution in [0.3, 0.4) is 0 Å². The molecule has 2 rings (SSSR count). The van der Waals surface area contributed by atoms with Crippen LogP contribution in [0.2, 0.25) is 0 Å². The summed E-state index contributed by atoms with van der Waals surface area (Å²) in [5.74, 6) is 1.02. The quantitative estimate of drug-likeness (QED) is 0.618. The molecule has 8 heteroatoms. The Morgan fingerprint density at radius 2 is 1.75 bits per heavy atom. The summed E-state index contributed by atoms with van der Waals surface area (Å²) < 4.78 is 15.5. The Bertz CT molecular complexity index is 730. The van der Waals surface area contributed by atoms with Gasteiger partial charge in [-0.15, -0.1) is 0 Å². The Morgan fingerprint density at radius 1 is 1.08 bits per heavy atom. The Morgan fingerprint density at radius 3 is 2.33 bits per heavy atom. The van der Waals surface area contributed by atoms with Gasteiger partial charge in [-0.2, -0.15) is 0 Å². The molecule has 0 saturated carbocycles. The normalized spacial score (nSPS) is 9.92. The molecular formula is C16H16N2O6. The van der Waals surface area contributed by atoms with E-state index in [4.69, 9.17) is 14.2 Å². The van der Waals surface area contributed by atoms with E-state index >= 15 is 0 Å². The Balaban J connectivity index is 2.00. The van der Waals surface area contributed by atoms with Crippen LogP contribution in [0.1, 0.15) is 0 Å². The van der Waals surface area contributed by atoms with E-state index in [0.717, 1.165) is 0 Å². The minimum atomic E-state index is -0.553. The standard InChI is InChI=1S/C16H16N2O6/c1-22-12-4-6-13(7-5-12)24-10-16(19)17-14-9-11(18(20)21)3-8-15(14)23-2/h3-9H,10H2,1-2H3,(H,17,19). The van der Waals surface area contributed by atoms with Crippen LogP contribution in [-0.2, 0) is 4.79 Å². The molecule has 0 fully saturated rings. The molecule has 126 valence electrons. The first-order valence-corrected chi connectivity index (χ1v) is 6.92. The summed E-state index contributed by atoms with van der Waals surface area (Å²) in [4.78, 5) is 22.2. The van der Waals surface area contributed by atoms with Crippen LogP contribution in [-0.4, -0.2) is 31.7 Å². The number of nitro benzene ring substituents is 1. The van der Waals surface area contributed by atoms with Crippen LogP contribution in [0.15, 0.2) is 42.5 Å². The maximum atomic E-state index is 12.0. The molecule has 0 saturated heterocycles. The number of nitrogens with one attached hydrogen (secondary N) is 1. The lowest BCUT2D eigenvalue weighted by atomic mass is 10.2. The van der Waals surface area contributed by atoms with Gasteiger partial charge in [-0.05, 0) is 30.3 Å². The van der Waals surface area contributed by atoms with Crippen LogP contribution in [0.25, 0.3) is 0 Å². The number of carbonyl (C=O) groups excluding carboxylic acids is 1. The number of non-ortho nitro benzene ring substituents is 1. The molecule has 0 aromatic heterocycles. The molecule has 0 atom stereocenters. The van der Waals surface area contributed by atoms with Crippen molar-refractivity contribution in [1.82, 2.24) is 0 Å². The molecule has 0 aliphatic carbocycles. The van der Waals surface area contributed by atoms with Crippen LogP contribution in [0.5, 0.6) is 17.2 Å². The SMILES string of the molecule is COc1ccc(OCC(=O)Nc2cc([N+](=O)[O-])ccc2OC)cc1.